The van der Waals surface area contributed by atoms with Gasteiger partial charge in [0.15, 0.2) is 6.10 Å². The van der Waals surface area contributed by atoms with Crippen LogP contribution in [0.4, 0.5) is 23.7 Å². The van der Waals surface area contributed by atoms with Gasteiger partial charge in [-0.15, -0.1) is 0 Å². The summed E-state index contributed by atoms with van der Waals surface area (Å²) < 4.78 is 42.2. The van der Waals surface area contributed by atoms with E-state index in [2.05, 4.69) is 5.32 Å². The molecule has 136 valence electrons. The standard InChI is InChI=1S/C16H23F3N2O3/c1-15(2,3)24-14(23)20-12-7-5-6-11(8-12)9-21(4)10-13(22)16(17,18)19/h5-8,13,22H,9-10H2,1-4H3,(H,20,23). The molecule has 0 spiro atoms. The number of nitrogens with one attached hydrogen (secondary N) is 1. The molecule has 8 heteroatoms. The summed E-state index contributed by atoms with van der Waals surface area (Å²) in [4.78, 5) is 13.1. The van der Waals surface area contributed by atoms with Crippen molar-refractivity contribution >= 4 is 11.8 Å². The zero-order valence-electron chi connectivity index (χ0n) is 14.1. The lowest BCUT2D eigenvalue weighted by molar-refractivity contribution is -0.207. The number of hydrogen-bond donors (Lipinski definition) is 2. The van der Waals surface area contributed by atoms with Gasteiger partial charge in [-0.05, 0) is 45.5 Å². The first kappa shape index (κ1) is 20.2. The van der Waals surface area contributed by atoms with Gasteiger partial charge in [0.05, 0.1) is 0 Å². The fourth-order valence-corrected chi connectivity index (χ4v) is 1.94. The SMILES string of the molecule is CN(Cc1cccc(NC(=O)OC(C)(C)C)c1)CC(O)C(F)(F)F. The van der Waals surface area contributed by atoms with Crippen molar-refractivity contribution in [2.24, 2.45) is 0 Å². The number of carbonyl (C=O) groups is 1. The van der Waals surface area contributed by atoms with Crippen LogP contribution < -0.4 is 5.32 Å². The summed E-state index contributed by atoms with van der Waals surface area (Å²) >= 11 is 0. The number of likely N-dealkylation sites (N-methyl/N-ethyl adjacent to an activating group) is 1. The molecule has 1 amide bonds. The third-order valence-corrected chi connectivity index (χ3v) is 2.89. The molecule has 0 fully saturated rings. The molecule has 0 saturated carbocycles. The maximum Gasteiger partial charge on any atom is 0.415 e. The minimum absolute atomic E-state index is 0.191. The molecule has 0 bridgehead atoms. The van der Waals surface area contributed by atoms with Gasteiger partial charge >= 0.3 is 12.3 Å². The number of aliphatic hydroxyl groups excluding tert-OH is 1. The van der Waals surface area contributed by atoms with Crippen molar-refractivity contribution in [3.8, 4) is 0 Å². The van der Waals surface area contributed by atoms with Crippen LogP contribution in [0, 0.1) is 0 Å². The molecule has 0 aromatic heterocycles. The molecule has 24 heavy (non-hydrogen) atoms. The zero-order valence-corrected chi connectivity index (χ0v) is 14.1. The molecule has 0 saturated heterocycles. The van der Waals surface area contributed by atoms with Gasteiger partial charge in [-0.1, -0.05) is 12.1 Å². The number of alkyl halides is 3. The van der Waals surface area contributed by atoms with Crippen LogP contribution >= 0.6 is 0 Å². The van der Waals surface area contributed by atoms with E-state index in [4.69, 9.17) is 9.84 Å². The molecule has 0 radical (unpaired) electrons. The number of aliphatic hydroxyl groups is 1. The Morgan fingerprint density at radius 1 is 1.33 bits per heavy atom. The molecule has 1 aromatic carbocycles. The van der Waals surface area contributed by atoms with E-state index in [9.17, 15) is 18.0 Å². The summed E-state index contributed by atoms with van der Waals surface area (Å²) in [6.45, 7) is 4.88. The van der Waals surface area contributed by atoms with E-state index in [-0.39, 0.29) is 6.54 Å². The lowest BCUT2D eigenvalue weighted by atomic mass is 10.2. The smallest absolute Gasteiger partial charge is 0.415 e. The first-order chi connectivity index (χ1) is 10.9. The van der Waals surface area contributed by atoms with Crippen LogP contribution in [0.15, 0.2) is 24.3 Å². The van der Waals surface area contributed by atoms with Crippen molar-refractivity contribution in [1.82, 2.24) is 4.90 Å². The summed E-state index contributed by atoms with van der Waals surface area (Å²) in [6.07, 6.45) is -7.65. The molecule has 2 N–H and O–H groups in total. The van der Waals surface area contributed by atoms with Crippen LogP contribution in [0.5, 0.6) is 0 Å². The molecule has 5 nitrogen and oxygen atoms in total. The van der Waals surface area contributed by atoms with E-state index in [1.165, 1.54) is 11.9 Å². The summed E-state index contributed by atoms with van der Waals surface area (Å²) in [6, 6.07) is 6.69. The van der Waals surface area contributed by atoms with E-state index < -0.39 is 30.5 Å². The van der Waals surface area contributed by atoms with Gasteiger partial charge in [0.25, 0.3) is 0 Å². The van der Waals surface area contributed by atoms with Gasteiger partial charge in [-0.25, -0.2) is 4.79 Å². The van der Waals surface area contributed by atoms with Crippen molar-refractivity contribution in [2.45, 2.75) is 45.2 Å². The molecule has 0 aliphatic carbocycles. The monoisotopic (exact) mass is 348 g/mol. The number of nitrogens with zero attached hydrogens (tertiary/aromatic N) is 1. The Morgan fingerprint density at radius 3 is 2.50 bits per heavy atom. The van der Waals surface area contributed by atoms with Crippen LogP contribution in [0.2, 0.25) is 0 Å². The molecule has 0 aliphatic heterocycles. The van der Waals surface area contributed by atoms with Gasteiger partial charge in [0, 0.05) is 18.8 Å². The lowest BCUT2D eigenvalue weighted by Crippen LogP contribution is -2.39. The van der Waals surface area contributed by atoms with E-state index in [1.54, 1.807) is 45.0 Å². The Bertz CT molecular complexity index is 556. The van der Waals surface area contributed by atoms with Crippen LogP contribution in [0.3, 0.4) is 0 Å². The average molecular weight is 348 g/mol. The third-order valence-electron chi connectivity index (χ3n) is 2.89. The Labute approximate surface area is 139 Å². The van der Waals surface area contributed by atoms with Crippen LogP contribution in [0.25, 0.3) is 0 Å². The summed E-state index contributed by atoms with van der Waals surface area (Å²) in [5.74, 6) is 0. The molecular weight excluding hydrogens is 325 g/mol. The second kappa shape index (κ2) is 7.85. The van der Waals surface area contributed by atoms with Crippen LogP contribution in [-0.2, 0) is 11.3 Å². The quantitative estimate of drug-likeness (QED) is 0.856. The topological polar surface area (TPSA) is 61.8 Å². The number of rotatable bonds is 5. The third kappa shape index (κ3) is 7.65. The zero-order chi connectivity index (χ0) is 18.5. The van der Waals surface area contributed by atoms with Gasteiger partial charge in [0.1, 0.15) is 5.60 Å². The van der Waals surface area contributed by atoms with Crippen molar-refractivity contribution in [2.75, 3.05) is 18.9 Å². The largest absolute Gasteiger partial charge is 0.444 e. The van der Waals surface area contributed by atoms with Crippen molar-refractivity contribution < 1.29 is 27.8 Å². The average Bonchev–Trinajstić information content (AvgIpc) is 2.34. The molecule has 1 unspecified atom stereocenters. The van der Waals surface area contributed by atoms with Crippen LogP contribution in [0.1, 0.15) is 26.3 Å². The van der Waals surface area contributed by atoms with Crippen LogP contribution in [-0.4, -0.2) is 47.6 Å². The highest BCUT2D eigenvalue weighted by Crippen LogP contribution is 2.21. The number of ether oxygens (including phenoxy) is 1. The Kier molecular flexibility index (Phi) is 6.62. The number of amides is 1. The maximum absolute atomic E-state index is 12.4. The normalized spacial score (nSPS) is 13.7. The number of halogens is 3. The first-order valence-corrected chi connectivity index (χ1v) is 7.39. The Balaban J connectivity index is 2.64. The second-order valence-electron chi connectivity index (χ2n) is 6.58. The molecule has 0 aliphatic rings. The summed E-state index contributed by atoms with van der Waals surface area (Å²) in [5.41, 5.74) is 0.544. The maximum atomic E-state index is 12.4. The number of benzene rings is 1. The fraction of sp³-hybridized carbons (Fsp3) is 0.562. The predicted molar refractivity (Wildman–Crippen MR) is 84.7 cm³/mol. The second-order valence-corrected chi connectivity index (χ2v) is 6.58. The fourth-order valence-electron chi connectivity index (χ4n) is 1.94. The molecule has 1 atom stereocenters. The van der Waals surface area contributed by atoms with Gasteiger partial charge in [0.2, 0.25) is 0 Å². The summed E-state index contributed by atoms with van der Waals surface area (Å²) in [5, 5.41) is 11.6. The van der Waals surface area contributed by atoms with E-state index in [0.29, 0.717) is 11.3 Å². The highest BCUT2D eigenvalue weighted by molar-refractivity contribution is 5.84. The molecule has 0 heterocycles. The highest BCUT2D eigenvalue weighted by Gasteiger charge is 2.38. The first-order valence-electron chi connectivity index (χ1n) is 7.39. The molecule has 1 aromatic rings. The van der Waals surface area contributed by atoms with Crippen molar-refractivity contribution in [3.05, 3.63) is 29.8 Å². The highest BCUT2D eigenvalue weighted by atomic mass is 19.4. The number of hydrogen-bond acceptors (Lipinski definition) is 4. The van der Waals surface area contributed by atoms with Crippen molar-refractivity contribution in [3.63, 3.8) is 0 Å². The lowest BCUT2D eigenvalue weighted by Gasteiger charge is -2.22. The predicted octanol–water partition coefficient (Wildman–Crippen LogP) is 3.39. The number of carbonyl (C=O) groups excluding carboxylic acids is 1. The minimum atomic E-state index is -4.64. The summed E-state index contributed by atoms with van der Waals surface area (Å²) in [7, 11) is 1.48. The van der Waals surface area contributed by atoms with E-state index in [0.717, 1.165) is 0 Å². The van der Waals surface area contributed by atoms with E-state index >= 15 is 0 Å². The molecule has 1 rings (SSSR count). The Morgan fingerprint density at radius 2 is 1.96 bits per heavy atom. The van der Waals surface area contributed by atoms with E-state index in [1.807, 2.05) is 0 Å². The van der Waals surface area contributed by atoms with Gasteiger partial charge < -0.3 is 9.84 Å². The molecular formula is C16H23F3N2O3. The minimum Gasteiger partial charge on any atom is -0.444 e. The Hall–Kier alpha value is -1.80. The number of anilines is 1. The van der Waals surface area contributed by atoms with Crippen molar-refractivity contribution in [1.29, 1.82) is 0 Å². The van der Waals surface area contributed by atoms with Gasteiger partial charge in [-0.3, -0.25) is 10.2 Å². The van der Waals surface area contributed by atoms with Gasteiger partial charge in [-0.2, -0.15) is 13.2 Å².